The summed E-state index contributed by atoms with van der Waals surface area (Å²) < 4.78 is 0. The molecule has 0 radical (unpaired) electrons. The fourth-order valence-corrected chi connectivity index (χ4v) is 1.59. The van der Waals surface area contributed by atoms with Gasteiger partial charge in [-0.2, -0.15) is 0 Å². The van der Waals surface area contributed by atoms with Crippen LogP contribution < -0.4 is 5.32 Å². The second-order valence-electron chi connectivity index (χ2n) is 4.74. The van der Waals surface area contributed by atoms with Crippen molar-refractivity contribution in [2.24, 2.45) is 0 Å². The first kappa shape index (κ1) is 13.3. The van der Waals surface area contributed by atoms with Crippen LogP contribution in [-0.4, -0.2) is 12.1 Å². The van der Waals surface area contributed by atoms with Gasteiger partial charge in [-0.25, -0.2) is 0 Å². The van der Waals surface area contributed by atoms with E-state index in [0.29, 0.717) is 11.6 Å². The maximum absolute atomic E-state index is 5.74. The predicted molar refractivity (Wildman–Crippen MR) is 71.8 cm³/mol. The smallest absolute Gasteiger partial charge is 0.0312 e. The Kier molecular flexibility index (Phi) is 5.04. The highest BCUT2D eigenvalue weighted by Gasteiger charge is 2.16. The highest BCUT2D eigenvalue weighted by atomic mass is 35.5. The van der Waals surface area contributed by atoms with Crippen LogP contribution in [0.1, 0.15) is 25.8 Å². The van der Waals surface area contributed by atoms with Crippen LogP contribution in [0.4, 0.5) is 0 Å². The summed E-state index contributed by atoms with van der Waals surface area (Å²) in [6.45, 7) is 8.73. The molecule has 2 heteroatoms. The zero-order valence-corrected chi connectivity index (χ0v) is 10.8. The second-order valence-corrected chi connectivity index (χ2v) is 5.27. The van der Waals surface area contributed by atoms with Crippen LogP contribution >= 0.6 is 11.6 Å². The van der Waals surface area contributed by atoms with Crippen molar-refractivity contribution in [3.8, 4) is 0 Å². The molecule has 0 aromatic heterocycles. The van der Waals surface area contributed by atoms with Gasteiger partial charge in [0.2, 0.25) is 0 Å². The van der Waals surface area contributed by atoms with E-state index in [1.807, 2.05) is 6.07 Å². The Balaban J connectivity index is 2.38. The van der Waals surface area contributed by atoms with Crippen molar-refractivity contribution in [2.75, 3.05) is 6.54 Å². The average Bonchev–Trinajstić information content (AvgIpc) is 2.26. The summed E-state index contributed by atoms with van der Waals surface area (Å²) in [5.74, 6) is 0. The van der Waals surface area contributed by atoms with E-state index in [1.165, 1.54) is 5.56 Å². The van der Waals surface area contributed by atoms with Crippen molar-refractivity contribution in [1.82, 2.24) is 5.32 Å². The van der Waals surface area contributed by atoms with E-state index >= 15 is 0 Å². The molecule has 0 atom stereocenters. The molecular formula is C14H20ClN. The molecular weight excluding hydrogens is 218 g/mol. The molecule has 1 nitrogen and oxygen atoms in total. The lowest BCUT2D eigenvalue weighted by atomic mass is 9.95. The van der Waals surface area contributed by atoms with Gasteiger partial charge < -0.3 is 5.32 Å². The topological polar surface area (TPSA) is 12.0 Å². The molecule has 0 bridgehead atoms. The molecule has 1 aromatic rings. The number of benzene rings is 1. The van der Waals surface area contributed by atoms with Gasteiger partial charge in [0.25, 0.3) is 0 Å². The Morgan fingerprint density at radius 3 is 2.50 bits per heavy atom. The average molecular weight is 238 g/mol. The SMILES string of the molecule is C=C(Cl)CNC(C)(C)CCc1ccccc1. The van der Waals surface area contributed by atoms with E-state index < -0.39 is 0 Å². The Hall–Kier alpha value is -0.790. The molecule has 0 aliphatic carbocycles. The molecule has 1 N–H and O–H groups in total. The largest absolute Gasteiger partial charge is 0.307 e. The minimum Gasteiger partial charge on any atom is -0.307 e. The lowest BCUT2D eigenvalue weighted by Gasteiger charge is -2.26. The van der Waals surface area contributed by atoms with Crippen LogP contribution in [0.15, 0.2) is 41.9 Å². The van der Waals surface area contributed by atoms with E-state index in [1.54, 1.807) is 0 Å². The Morgan fingerprint density at radius 2 is 1.94 bits per heavy atom. The summed E-state index contributed by atoms with van der Waals surface area (Å²) in [4.78, 5) is 0. The Morgan fingerprint density at radius 1 is 1.31 bits per heavy atom. The lowest BCUT2D eigenvalue weighted by Crippen LogP contribution is -2.40. The fourth-order valence-electron chi connectivity index (χ4n) is 1.53. The number of hydrogen-bond acceptors (Lipinski definition) is 1. The molecule has 1 aromatic carbocycles. The van der Waals surface area contributed by atoms with E-state index in [9.17, 15) is 0 Å². The van der Waals surface area contributed by atoms with Crippen LogP contribution in [0.2, 0.25) is 0 Å². The zero-order chi connectivity index (χ0) is 12.0. The van der Waals surface area contributed by atoms with Gasteiger partial charge in [-0.15, -0.1) is 0 Å². The first-order valence-corrected chi connectivity index (χ1v) is 6.00. The minimum atomic E-state index is 0.0909. The van der Waals surface area contributed by atoms with Crippen molar-refractivity contribution in [2.45, 2.75) is 32.2 Å². The van der Waals surface area contributed by atoms with Crippen LogP contribution in [0.25, 0.3) is 0 Å². The number of nitrogens with one attached hydrogen (secondary N) is 1. The maximum Gasteiger partial charge on any atom is 0.0312 e. The molecule has 0 amide bonds. The second kappa shape index (κ2) is 6.07. The molecule has 0 aliphatic heterocycles. The van der Waals surface area contributed by atoms with Gasteiger partial charge in [-0.1, -0.05) is 48.5 Å². The molecule has 0 heterocycles. The first-order valence-electron chi connectivity index (χ1n) is 5.62. The molecule has 16 heavy (non-hydrogen) atoms. The van der Waals surface area contributed by atoms with Crippen molar-refractivity contribution < 1.29 is 0 Å². The summed E-state index contributed by atoms with van der Waals surface area (Å²) in [5, 5.41) is 4.06. The third kappa shape index (κ3) is 5.34. The van der Waals surface area contributed by atoms with Crippen molar-refractivity contribution in [3.05, 3.63) is 47.5 Å². The Bertz CT molecular complexity index is 330. The molecule has 0 saturated heterocycles. The van der Waals surface area contributed by atoms with E-state index in [-0.39, 0.29) is 5.54 Å². The van der Waals surface area contributed by atoms with Gasteiger partial charge in [0, 0.05) is 17.1 Å². The van der Waals surface area contributed by atoms with E-state index in [4.69, 9.17) is 11.6 Å². The molecule has 0 spiro atoms. The first-order chi connectivity index (χ1) is 7.49. The highest BCUT2D eigenvalue weighted by molar-refractivity contribution is 6.29. The van der Waals surface area contributed by atoms with E-state index in [2.05, 4.69) is 50.0 Å². The van der Waals surface area contributed by atoms with Crippen LogP contribution in [0.3, 0.4) is 0 Å². The fraction of sp³-hybridized carbons (Fsp3) is 0.429. The van der Waals surface area contributed by atoms with Gasteiger partial charge in [0.15, 0.2) is 0 Å². The minimum absolute atomic E-state index is 0.0909. The quantitative estimate of drug-likeness (QED) is 0.795. The van der Waals surface area contributed by atoms with Gasteiger partial charge in [0.05, 0.1) is 0 Å². The summed E-state index contributed by atoms with van der Waals surface area (Å²) in [6.07, 6.45) is 2.16. The van der Waals surface area contributed by atoms with Crippen molar-refractivity contribution in [3.63, 3.8) is 0 Å². The van der Waals surface area contributed by atoms with Crippen LogP contribution in [0.5, 0.6) is 0 Å². The zero-order valence-electron chi connectivity index (χ0n) is 10.1. The van der Waals surface area contributed by atoms with Gasteiger partial charge in [-0.05, 0) is 32.3 Å². The summed E-state index contributed by atoms with van der Waals surface area (Å²) in [7, 11) is 0. The predicted octanol–water partition coefficient (Wildman–Crippen LogP) is 3.74. The third-order valence-electron chi connectivity index (χ3n) is 2.64. The Labute approximate surface area is 104 Å². The maximum atomic E-state index is 5.74. The molecule has 0 fully saturated rings. The van der Waals surface area contributed by atoms with Crippen LogP contribution in [-0.2, 0) is 6.42 Å². The highest BCUT2D eigenvalue weighted by Crippen LogP contribution is 2.14. The molecule has 0 unspecified atom stereocenters. The van der Waals surface area contributed by atoms with Crippen LogP contribution in [0, 0.1) is 0 Å². The lowest BCUT2D eigenvalue weighted by molar-refractivity contribution is 0.378. The summed E-state index contributed by atoms with van der Waals surface area (Å²) in [5.41, 5.74) is 1.47. The standard InChI is InChI=1S/C14H20ClN/c1-12(15)11-16-14(2,3)10-9-13-7-5-4-6-8-13/h4-8,16H,1,9-11H2,2-3H3. The van der Waals surface area contributed by atoms with E-state index in [0.717, 1.165) is 12.8 Å². The molecule has 0 aliphatic rings. The number of hydrogen-bond donors (Lipinski definition) is 1. The van der Waals surface area contributed by atoms with Gasteiger partial charge in [-0.3, -0.25) is 0 Å². The molecule has 88 valence electrons. The summed E-state index contributed by atoms with van der Waals surface area (Å²) >= 11 is 5.74. The van der Waals surface area contributed by atoms with Crippen molar-refractivity contribution in [1.29, 1.82) is 0 Å². The third-order valence-corrected chi connectivity index (χ3v) is 2.77. The van der Waals surface area contributed by atoms with Gasteiger partial charge >= 0.3 is 0 Å². The molecule has 1 rings (SSSR count). The number of rotatable bonds is 6. The van der Waals surface area contributed by atoms with Crippen molar-refractivity contribution >= 4 is 11.6 Å². The normalized spacial score (nSPS) is 11.4. The number of aryl methyl sites for hydroxylation is 1. The summed E-state index contributed by atoms with van der Waals surface area (Å²) in [6, 6.07) is 10.5. The number of halogens is 1. The monoisotopic (exact) mass is 237 g/mol. The molecule has 0 saturated carbocycles. The van der Waals surface area contributed by atoms with Gasteiger partial charge in [0.1, 0.15) is 0 Å².